The van der Waals surface area contributed by atoms with Crippen molar-refractivity contribution in [1.29, 1.82) is 0 Å². The Morgan fingerprint density at radius 3 is 2.76 bits per heavy atom. The highest BCUT2D eigenvalue weighted by Gasteiger charge is 2.27. The molecule has 3 nitrogen and oxygen atoms in total. The summed E-state index contributed by atoms with van der Waals surface area (Å²) in [6.07, 6.45) is 3.09. The molecule has 2 heterocycles. The normalized spacial score (nSPS) is 14.3. The van der Waals surface area contributed by atoms with Crippen LogP contribution in [0.15, 0.2) is 30.5 Å². The summed E-state index contributed by atoms with van der Waals surface area (Å²) >= 11 is 0. The van der Waals surface area contributed by atoms with E-state index in [0.29, 0.717) is 0 Å². The topological polar surface area (TPSA) is 25.0 Å². The fourth-order valence-electron chi connectivity index (χ4n) is 2.27. The molecule has 3 rings (SSSR count). The van der Waals surface area contributed by atoms with Gasteiger partial charge in [0.2, 0.25) is 0 Å². The number of fused-ring (bicyclic) bond motifs is 1. The SMILES string of the molecule is CCCn1cc(C(=O)N2CC2)c2ccccc21. The van der Waals surface area contributed by atoms with E-state index in [1.807, 2.05) is 29.3 Å². The van der Waals surface area contributed by atoms with E-state index in [-0.39, 0.29) is 5.91 Å². The van der Waals surface area contributed by atoms with Gasteiger partial charge in [0.1, 0.15) is 0 Å². The minimum absolute atomic E-state index is 0.177. The highest BCUT2D eigenvalue weighted by atomic mass is 16.2. The summed E-state index contributed by atoms with van der Waals surface area (Å²) in [7, 11) is 0. The quantitative estimate of drug-likeness (QED) is 0.741. The molecule has 0 bridgehead atoms. The maximum atomic E-state index is 12.2. The van der Waals surface area contributed by atoms with Gasteiger partial charge in [0.05, 0.1) is 5.56 Å². The van der Waals surface area contributed by atoms with Gasteiger partial charge in [-0.05, 0) is 12.5 Å². The van der Waals surface area contributed by atoms with Crippen molar-refractivity contribution in [2.45, 2.75) is 19.9 Å². The number of aryl methyl sites for hydroxylation is 1. The molecule has 0 unspecified atom stereocenters. The largest absolute Gasteiger partial charge is 0.347 e. The summed E-state index contributed by atoms with van der Waals surface area (Å²) in [4.78, 5) is 14.0. The second-order valence-corrected chi connectivity index (χ2v) is 4.55. The van der Waals surface area contributed by atoms with E-state index in [0.717, 1.165) is 37.0 Å². The van der Waals surface area contributed by atoms with Crippen LogP contribution in [0.25, 0.3) is 10.9 Å². The summed E-state index contributed by atoms with van der Waals surface area (Å²) in [5, 5.41) is 1.08. The van der Waals surface area contributed by atoms with E-state index in [1.54, 1.807) is 0 Å². The Bertz CT molecular complexity index is 567. The Morgan fingerprint density at radius 1 is 1.29 bits per heavy atom. The molecule has 0 atom stereocenters. The minimum atomic E-state index is 0.177. The zero-order valence-corrected chi connectivity index (χ0v) is 10.0. The van der Waals surface area contributed by atoms with Crippen LogP contribution in [-0.4, -0.2) is 28.5 Å². The third-order valence-electron chi connectivity index (χ3n) is 3.22. The summed E-state index contributed by atoms with van der Waals surface area (Å²) in [5.41, 5.74) is 2.02. The third kappa shape index (κ3) is 1.71. The van der Waals surface area contributed by atoms with Crippen molar-refractivity contribution in [3.8, 4) is 0 Å². The molecule has 88 valence electrons. The zero-order chi connectivity index (χ0) is 11.8. The number of hydrogen-bond donors (Lipinski definition) is 0. The first-order valence-corrected chi connectivity index (χ1v) is 6.18. The van der Waals surface area contributed by atoms with Gasteiger partial charge in [0, 0.05) is 36.7 Å². The summed E-state index contributed by atoms with van der Waals surface area (Å²) in [5.74, 6) is 0.177. The van der Waals surface area contributed by atoms with E-state index in [9.17, 15) is 4.79 Å². The molecular weight excluding hydrogens is 212 g/mol. The predicted octanol–water partition coefficient (Wildman–Crippen LogP) is 2.51. The molecule has 1 amide bonds. The number of carbonyl (C=O) groups excluding carboxylic acids is 1. The van der Waals surface area contributed by atoms with Crippen molar-refractivity contribution in [1.82, 2.24) is 9.47 Å². The third-order valence-corrected chi connectivity index (χ3v) is 3.22. The molecule has 1 saturated heterocycles. The predicted molar refractivity (Wildman–Crippen MR) is 68.1 cm³/mol. The van der Waals surface area contributed by atoms with E-state index in [2.05, 4.69) is 17.6 Å². The van der Waals surface area contributed by atoms with Gasteiger partial charge in [0.25, 0.3) is 5.91 Å². The standard InChI is InChI=1S/C14H16N2O/c1-2-7-16-10-12(14(17)15-8-9-15)11-5-3-4-6-13(11)16/h3-6,10H,2,7-9H2,1H3. The molecule has 0 saturated carbocycles. The van der Waals surface area contributed by atoms with Crippen LogP contribution in [0.2, 0.25) is 0 Å². The van der Waals surface area contributed by atoms with Gasteiger partial charge in [-0.1, -0.05) is 25.1 Å². The van der Waals surface area contributed by atoms with E-state index in [4.69, 9.17) is 0 Å². The smallest absolute Gasteiger partial charge is 0.256 e. The first-order chi connectivity index (χ1) is 8.31. The number of amides is 1. The average molecular weight is 228 g/mol. The number of benzene rings is 1. The fourth-order valence-corrected chi connectivity index (χ4v) is 2.27. The van der Waals surface area contributed by atoms with Crippen LogP contribution in [0.4, 0.5) is 0 Å². The van der Waals surface area contributed by atoms with Crippen LogP contribution >= 0.6 is 0 Å². The van der Waals surface area contributed by atoms with Gasteiger partial charge in [-0.2, -0.15) is 0 Å². The molecule has 0 spiro atoms. The molecule has 1 fully saturated rings. The van der Waals surface area contributed by atoms with Crippen molar-refractivity contribution >= 4 is 16.8 Å². The van der Waals surface area contributed by atoms with Crippen molar-refractivity contribution in [2.75, 3.05) is 13.1 Å². The van der Waals surface area contributed by atoms with Gasteiger partial charge >= 0.3 is 0 Å². The molecule has 0 radical (unpaired) electrons. The molecule has 17 heavy (non-hydrogen) atoms. The second kappa shape index (κ2) is 3.91. The first kappa shape index (κ1) is 10.4. The molecule has 1 aromatic carbocycles. The summed E-state index contributed by atoms with van der Waals surface area (Å²) in [6, 6.07) is 8.15. The number of rotatable bonds is 3. The van der Waals surface area contributed by atoms with Crippen LogP contribution in [0, 0.1) is 0 Å². The van der Waals surface area contributed by atoms with Gasteiger partial charge in [-0.3, -0.25) is 4.79 Å². The molecule has 0 aliphatic carbocycles. The minimum Gasteiger partial charge on any atom is -0.347 e. The molecule has 1 aromatic heterocycles. The van der Waals surface area contributed by atoms with Crippen molar-refractivity contribution in [3.63, 3.8) is 0 Å². The number of carbonyl (C=O) groups is 1. The number of nitrogens with zero attached hydrogens (tertiary/aromatic N) is 2. The van der Waals surface area contributed by atoms with Gasteiger partial charge in [-0.15, -0.1) is 0 Å². The van der Waals surface area contributed by atoms with Crippen LogP contribution in [0.1, 0.15) is 23.7 Å². The van der Waals surface area contributed by atoms with Gasteiger partial charge < -0.3 is 9.47 Å². The van der Waals surface area contributed by atoms with Crippen LogP contribution in [0.3, 0.4) is 0 Å². The second-order valence-electron chi connectivity index (χ2n) is 4.55. The lowest BCUT2D eigenvalue weighted by atomic mass is 10.1. The number of aromatic nitrogens is 1. The zero-order valence-electron chi connectivity index (χ0n) is 10.0. The summed E-state index contributed by atoms with van der Waals surface area (Å²) < 4.78 is 2.19. The lowest BCUT2D eigenvalue weighted by Gasteiger charge is -2.00. The Hall–Kier alpha value is -1.77. The Kier molecular flexibility index (Phi) is 2.39. The van der Waals surface area contributed by atoms with Crippen LogP contribution in [0.5, 0.6) is 0 Å². The average Bonchev–Trinajstić information content (AvgIpc) is 3.13. The Morgan fingerprint density at radius 2 is 2.06 bits per heavy atom. The molecule has 1 aliphatic heterocycles. The highest BCUT2D eigenvalue weighted by Crippen LogP contribution is 2.24. The number of hydrogen-bond acceptors (Lipinski definition) is 1. The molecule has 3 heteroatoms. The van der Waals surface area contributed by atoms with E-state index < -0.39 is 0 Å². The molecular formula is C14H16N2O. The Labute approximate surface area is 101 Å². The maximum absolute atomic E-state index is 12.2. The monoisotopic (exact) mass is 228 g/mol. The first-order valence-electron chi connectivity index (χ1n) is 6.18. The fraction of sp³-hybridized carbons (Fsp3) is 0.357. The lowest BCUT2D eigenvalue weighted by molar-refractivity contribution is 0.0887. The number of para-hydroxylation sites is 1. The summed E-state index contributed by atoms with van der Waals surface area (Å²) in [6.45, 7) is 4.94. The lowest BCUT2D eigenvalue weighted by Crippen LogP contribution is -2.09. The van der Waals surface area contributed by atoms with Crippen LogP contribution < -0.4 is 0 Å². The van der Waals surface area contributed by atoms with Crippen molar-refractivity contribution in [3.05, 3.63) is 36.0 Å². The van der Waals surface area contributed by atoms with Crippen molar-refractivity contribution in [2.24, 2.45) is 0 Å². The van der Waals surface area contributed by atoms with E-state index >= 15 is 0 Å². The van der Waals surface area contributed by atoms with Gasteiger partial charge in [0.15, 0.2) is 0 Å². The maximum Gasteiger partial charge on any atom is 0.256 e. The molecule has 0 N–H and O–H groups in total. The van der Waals surface area contributed by atoms with Crippen LogP contribution in [-0.2, 0) is 6.54 Å². The highest BCUT2D eigenvalue weighted by molar-refractivity contribution is 6.07. The molecule has 1 aliphatic rings. The van der Waals surface area contributed by atoms with Crippen molar-refractivity contribution < 1.29 is 4.79 Å². The van der Waals surface area contributed by atoms with E-state index in [1.165, 1.54) is 5.52 Å². The van der Waals surface area contributed by atoms with Gasteiger partial charge in [-0.25, -0.2) is 0 Å². The molecule has 2 aromatic rings. The Balaban J connectivity index is 2.13.